The van der Waals surface area contributed by atoms with E-state index in [0.717, 1.165) is 6.07 Å². The van der Waals surface area contributed by atoms with E-state index >= 15 is 0 Å². The predicted molar refractivity (Wildman–Crippen MR) is 68.3 cm³/mol. The van der Waals surface area contributed by atoms with Crippen LogP contribution in [0.25, 0.3) is 0 Å². The second-order valence-corrected chi connectivity index (χ2v) is 4.88. The van der Waals surface area contributed by atoms with Crippen LogP contribution in [0.15, 0.2) is 18.2 Å². The monoisotopic (exact) mass is 287 g/mol. The summed E-state index contributed by atoms with van der Waals surface area (Å²) in [5, 5.41) is 2.36. The summed E-state index contributed by atoms with van der Waals surface area (Å²) in [7, 11) is 0. The molecule has 0 fully saturated rings. The average molecular weight is 287 g/mol. The third-order valence-corrected chi connectivity index (χ3v) is 2.00. The molecule has 0 heterocycles. The van der Waals surface area contributed by atoms with Crippen molar-refractivity contribution in [3.8, 4) is 5.75 Å². The Morgan fingerprint density at radius 2 is 2.00 bits per heavy atom. The van der Waals surface area contributed by atoms with Gasteiger partial charge in [-0.3, -0.25) is 10.1 Å². The van der Waals surface area contributed by atoms with Crippen LogP contribution in [-0.2, 0) is 4.74 Å². The number of rotatable bonds is 4. The number of aldehydes is 1. The quantitative estimate of drug-likeness (QED) is 0.861. The van der Waals surface area contributed by atoms with Crippen molar-refractivity contribution in [1.82, 2.24) is 0 Å². The molecule has 1 rings (SSSR count). The SMILES string of the molecule is CC(C)(C)OC(=O)Nc1ccc(C=O)c(OC(F)F)c1. The van der Waals surface area contributed by atoms with Gasteiger partial charge in [-0.1, -0.05) is 0 Å². The van der Waals surface area contributed by atoms with E-state index in [1.807, 2.05) is 0 Å². The number of hydrogen-bond donors (Lipinski definition) is 1. The normalized spacial score (nSPS) is 11.1. The van der Waals surface area contributed by atoms with Crippen LogP contribution in [0.3, 0.4) is 0 Å². The van der Waals surface area contributed by atoms with Gasteiger partial charge in [0.15, 0.2) is 6.29 Å². The fraction of sp³-hybridized carbons (Fsp3) is 0.385. The molecule has 1 amide bonds. The summed E-state index contributed by atoms with van der Waals surface area (Å²) in [5.41, 5.74) is -0.546. The third kappa shape index (κ3) is 5.21. The standard InChI is InChI=1S/C13H15F2NO4/c1-13(2,3)20-12(18)16-9-5-4-8(7-17)10(6-9)19-11(14)15/h4-7,11H,1-3H3,(H,16,18). The van der Waals surface area contributed by atoms with E-state index in [1.54, 1.807) is 20.8 Å². The Morgan fingerprint density at radius 3 is 2.50 bits per heavy atom. The highest BCUT2D eigenvalue weighted by Crippen LogP contribution is 2.24. The zero-order chi connectivity index (χ0) is 15.3. The Labute approximate surface area is 114 Å². The fourth-order valence-electron chi connectivity index (χ4n) is 1.33. The van der Waals surface area contributed by atoms with E-state index in [4.69, 9.17) is 4.74 Å². The molecule has 1 aromatic rings. The molecule has 0 saturated heterocycles. The number of alkyl halides is 2. The van der Waals surface area contributed by atoms with Gasteiger partial charge in [0.25, 0.3) is 0 Å². The van der Waals surface area contributed by atoms with E-state index in [9.17, 15) is 18.4 Å². The molecular weight excluding hydrogens is 272 g/mol. The summed E-state index contributed by atoms with van der Waals surface area (Å²) >= 11 is 0. The Balaban J connectivity index is 2.86. The molecule has 7 heteroatoms. The van der Waals surface area contributed by atoms with Crippen molar-refractivity contribution >= 4 is 18.1 Å². The fourth-order valence-corrected chi connectivity index (χ4v) is 1.33. The topological polar surface area (TPSA) is 64.6 Å². The summed E-state index contributed by atoms with van der Waals surface area (Å²) in [6.45, 7) is 2.00. The van der Waals surface area contributed by atoms with Gasteiger partial charge in [0, 0.05) is 11.8 Å². The molecule has 0 atom stereocenters. The lowest BCUT2D eigenvalue weighted by molar-refractivity contribution is -0.0500. The first kappa shape index (κ1) is 15.9. The molecule has 1 N–H and O–H groups in total. The van der Waals surface area contributed by atoms with Gasteiger partial charge < -0.3 is 9.47 Å². The lowest BCUT2D eigenvalue weighted by Crippen LogP contribution is -2.27. The minimum absolute atomic E-state index is 0.0416. The van der Waals surface area contributed by atoms with Gasteiger partial charge >= 0.3 is 12.7 Å². The lowest BCUT2D eigenvalue weighted by Gasteiger charge is -2.20. The molecule has 0 bridgehead atoms. The van der Waals surface area contributed by atoms with E-state index in [0.29, 0.717) is 6.29 Å². The van der Waals surface area contributed by atoms with Gasteiger partial charge in [0.05, 0.1) is 5.56 Å². The van der Waals surface area contributed by atoms with E-state index < -0.39 is 18.3 Å². The van der Waals surface area contributed by atoms with Crippen molar-refractivity contribution < 1.29 is 27.8 Å². The van der Waals surface area contributed by atoms with Crippen LogP contribution in [0, 0.1) is 0 Å². The molecule has 0 spiro atoms. The molecule has 0 aliphatic carbocycles. The zero-order valence-corrected chi connectivity index (χ0v) is 11.3. The van der Waals surface area contributed by atoms with Crippen molar-refractivity contribution in [3.63, 3.8) is 0 Å². The third-order valence-electron chi connectivity index (χ3n) is 2.00. The van der Waals surface area contributed by atoms with Crippen LogP contribution in [0.2, 0.25) is 0 Å². The average Bonchev–Trinajstić information content (AvgIpc) is 2.25. The summed E-state index contributed by atoms with van der Waals surface area (Å²) in [6, 6.07) is 3.77. The summed E-state index contributed by atoms with van der Waals surface area (Å²) < 4.78 is 33.6. The van der Waals surface area contributed by atoms with E-state index in [2.05, 4.69) is 10.1 Å². The largest absolute Gasteiger partial charge is 0.444 e. The molecule has 20 heavy (non-hydrogen) atoms. The predicted octanol–water partition coefficient (Wildman–Crippen LogP) is 3.45. The second-order valence-electron chi connectivity index (χ2n) is 4.88. The maximum absolute atomic E-state index is 12.2. The van der Waals surface area contributed by atoms with Gasteiger partial charge in [-0.2, -0.15) is 8.78 Å². The van der Waals surface area contributed by atoms with Gasteiger partial charge in [0.1, 0.15) is 11.4 Å². The van der Waals surface area contributed by atoms with Crippen molar-refractivity contribution in [1.29, 1.82) is 0 Å². The minimum Gasteiger partial charge on any atom is -0.444 e. The number of carbonyl (C=O) groups is 2. The Morgan fingerprint density at radius 1 is 1.35 bits per heavy atom. The van der Waals surface area contributed by atoms with Gasteiger partial charge in [-0.15, -0.1) is 0 Å². The first-order valence-electron chi connectivity index (χ1n) is 5.75. The van der Waals surface area contributed by atoms with Crippen LogP contribution < -0.4 is 10.1 Å². The van der Waals surface area contributed by atoms with Gasteiger partial charge in [0.2, 0.25) is 0 Å². The molecule has 0 aromatic heterocycles. The number of amides is 1. The molecule has 1 aromatic carbocycles. The highest BCUT2D eigenvalue weighted by atomic mass is 19.3. The molecule has 0 saturated carbocycles. The van der Waals surface area contributed by atoms with Crippen molar-refractivity contribution in [2.24, 2.45) is 0 Å². The number of nitrogens with one attached hydrogen (secondary N) is 1. The minimum atomic E-state index is -3.06. The first-order valence-corrected chi connectivity index (χ1v) is 5.75. The van der Waals surface area contributed by atoms with Crippen molar-refractivity contribution in [3.05, 3.63) is 23.8 Å². The number of halogens is 2. The number of carbonyl (C=O) groups excluding carboxylic acids is 2. The first-order chi connectivity index (χ1) is 9.21. The summed E-state index contributed by atoms with van der Waals surface area (Å²) in [6.07, 6.45) is -0.353. The maximum Gasteiger partial charge on any atom is 0.412 e. The number of benzene rings is 1. The molecule has 0 aliphatic heterocycles. The molecule has 0 radical (unpaired) electrons. The highest BCUT2D eigenvalue weighted by molar-refractivity contribution is 5.87. The van der Waals surface area contributed by atoms with E-state index in [1.165, 1.54) is 12.1 Å². The number of anilines is 1. The maximum atomic E-state index is 12.2. The molecule has 110 valence electrons. The molecule has 5 nitrogen and oxygen atoms in total. The summed E-state index contributed by atoms with van der Waals surface area (Å²) in [5.74, 6) is -0.316. The van der Waals surface area contributed by atoms with Gasteiger partial charge in [-0.05, 0) is 32.9 Å². The zero-order valence-electron chi connectivity index (χ0n) is 11.3. The smallest absolute Gasteiger partial charge is 0.412 e. The highest BCUT2D eigenvalue weighted by Gasteiger charge is 2.17. The van der Waals surface area contributed by atoms with Crippen LogP contribution in [0.5, 0.6) is 5.75 Å². The molecule has 0 unspecified atom stereocenters. The van der Waals surface area contributed by atoms with Crippen LogP contribution in [0.4, 0.5) is 19.3 Å². The molecule has 0 aliphatic rings. The Hall–Kier alpha value is -2.18. The summed E-state index contributed by atoms with van der Waals surface area (Å²) in [4.78, 5) is 22.2. The van der Waals surface area contributed by atoms with Crippen LogP contribution >= 0.6 is 0 Å². The molecular formula is C13H15F2NO4. The van der Waals surface area contributed by atoms with E-state index in [-0.39, 0.29) is 17.0 Å². The Kier molecular flexibility index (Phi) is 5.01. The van der Waals surface area contributed by atoms with Crippen molar-refractivity contribution in [2.75, 3.05) is 5.32 Å². The lowest BCUT2D eigenvalue weighted by atomic mass is 10.2. The van der Waals surface area contributed by atoms with Crippen LogP contribution in [0.1, 0.15) is 31.1 Å². The number of hydrogen-bond acceptors (Lipinski definition) is 4. The number of ether oxygens (including phenoxy) is 2. The second kappa shape index (κ2) is 6.31. The Bertz CT molecular complexity index is 498. The van der Waals surface area contributed by atoms with Crippen molar-refractivity contribution in [2.45, 2.75) is 33.0 Å². The van der Waals surface area contributed by atoms with Crippen LogP contribution in [-0.4, -0.2) is 24.6 Å². The van der Waals surface area contributed by atoms with Gasteiger partial charge in [-0.25, -0.2) is 4.79 Å².